The Hall–Kier alpha value is -2.28. The van der Waals surface area contributed by atoms with E-state index in [1.165, 1.54) is 36.4 Å². The molecule has 0 saturated carbocycles. The third kappa shape index (κ3) is 4.04. The van der Waals surface area contributed by atoms with Gasteiger partial charge in [-0.15, -0.1) is 0 Å². The van der Waals surface area contributed by atoms with E-state index < -0.39 is 10.0 Å². The smallest absolute Gasteiger partial charge is 0.261 e. The summed E-state index contributed by atoms with van der Waals surface area (Å²) in [5, 5.41) is 0.647. The van der Waals surface area contributed by atoms with Crippen LogP contribution in [0.1, 0.15) is 10.6 Å². The molecule has 0 amide bonds. The molecule has 0 aliphatic rings. The van der Waals surface area contributed by atoms with Crippen molar-refractivity contribution in [2.24, 2.45) is 0 Å². The topological polar surface area (TPSA) is 76.4 Å². The number of carbonyl (C=O) groups is 1. The molecule has 8 heteroatoms. The van der Waals surface area contributed by atoms with E-state index in [1.807, 2.05) is 0 Å². The van der Waals surface area contributed by atoms with Gasteiger partial charge >= 0.3 is 0 Å². The molecule has 0 fully saturated rings. The van der Waals surface area contributed by atoms with Crippen LogP contribution in [0, 0.1) is 0 Å². The average molecular weight is 396 g/mol. The minimum absolute atomic E-state index is 0.0644. The second-order valence-electron chi connectivity index (χ2n) is 5.11. The van der Waals surface area contributed by atoms with Gasteiger partial charge in [0, 0.05) is 15.6 Å². The molecule has 0 spiro atoms. The predicted molar refractivity (Wildman–Crippen MR) is 96.8 cm³/mol. The quantitative estimate of drug-likeness (QED) is 0.625. The average Bonchev–Trinajstić information content (AvgIpc) is 3.02. The summed E-state index contributed by atoms with van der Waals surface area (Å²) in [6, 6.07) is 13.7. The number of rotatable bonds is 5. The molecule has 5 nitrogen and oxygen atoms in total. The highest BCUT2D eigenvalue weighted by atomic mass is 35.5. The van der Waals surface area contributed by atoms with Crippen LogP contribution in [-0.2, 0) is 10.0 Å². The number of nitrogens with one attached hydrogen (secondary N) is 1. The molecular weight excluding hydrogens is 385 g/mol. The lowest BCUT2D eigenvalue weighted by molar-refractivity contribution is 0.110. The lowest BCUT2D eigenvalue weighted by atomic mass is 10.2. The summed E-state index contributed by atoms with van der Waals surface area (Å²) in [6.07, 6.45) is 0.600. The van der Waals surface area contributed by atoms with Crippen LogP contribution in [-0.4, -0.2) is 14.7 Å². The molecule has 0 saturated heterocycles. The molecule has 0 atom stereocenters. The Morgan fingerprint density at radius 2 is 1.56 bits per heavy atom. The standard InChI is InChI=1S/C17H11Cl2NO4S/c18-12-7-13(19)9-14(8-12)20-25(22,23)16-4-1-11(2-5-16)17-6-3-15(10-21)24-17/h1-10,20H. The molecule has 1 N–H and O–H groups in total. The number of halogens is 2. The third-order valence-corrected chi connectivity index (χ3v) is 5.14. The Morgan fingerprint density at radius 1 is 0.920 bits per heavy atom. The zero-order valence-electron chi connectivity index (χ0n) is 12.6. The lowest BCUT2D eigenvalue weighted by Crippen LogP contribution is -2.12. The molecule has 0 bridgehead atoms. The van der Waals surface area contributed by atoms with E-state index >= 15 is 0 Å². The molecule has 3 aromatic rings. The van der Waals surface area contributed by atoms with Gasteiger partial charge in [0.25, 0.3) is 10.0 Å². The fraction of sp³-hybridized carbons (Fsp3) is 0. The summed E-state index contributed by atoms with van der Waals surface area (Å²) in [5.41, 5.74) is 0.918. The van der Waals surface area contributed by atoms with Crippen LogP contribution >= 0.6 is 23.2 Å². The number of carbonyl (C=O) groups excluding carboxylic acids is 1. The van der Waals surface area contributed by atoms with Crippen LogP contribution in [0.4, 0.5) is 5.69 Å². The summed E-state index contributed by atoms with van der Waals surface area (Å²) < 4.78 is 32.6. The summed E-state index contributed by atoms with van der Waals surface area (Å²) >= 11 is 11.7. The maximum absolute atomic E-state index is 12.5. The fourth-order valence-electron chi connectivity index (χ4n) is 2.20. The molecular formula is C17H11Cl2NO4S. The predicted octanol–water partition coefficient (Wildman–Crippen LogP) is 4.87. The first kappa shape index (κ1) is 17.5. The summed E-state index contributed by atoms with van der Waals surface area (Å²) in [7, 11) is -3.80. The second kappa shape index (κ2) is 6.92. The monoisotopic (exact) mass is 395 g/mol. The lowest BCUT2D eigenvalue weighted by Gasteiger charge is -2.09. The van der Waals surface area contributed by atoms with Crippen molar-refractivity contribution in [3.63, 3.8) is 0 Å². The number of anilines is 1. The van der Waals surface area contributed by atoms with E-state index in [0.717, 1.165) is 0 Å². The van der Waals surface area contributed by atoms with Crippen molar-refractivity contribution in [2.75, 3.05) is 4.72 Å². The molecule has 0 unspecified atom stereocenters. The van der Waals surface area contributed by atoms with Gasteiger partial charge in [-0.3, -0.25) is 9.52 Å². The van der Waals surface area contributed by atoms with E-state index in [2.05, 4.69) is 4.72 Å². The van der Waals surface area contributed by atoms with Gasteiger partial charge in [0.05, 0.1) is 10.6 Å². The molecule has 0 radical (unpaired) electrons. The minimum atomic E-state index is -3.80. The van der Waals surface area contributed by atoms with Gasteiger partial charge in [0.2, 0.25) is 0 Å². The van der Waals surface area contributed by atoms with Gasteiger partial charge in [0.1, 0.15) is 5.76 Å². The van der Waals surface area contributed by atoms with Crippen LogP contribution in [0.3, 0.4) is 0 Å². The van der Waals surface area contributed by atoms with Crippen molar-refractivity contribution in [1.82, 2.24) is 0 Å². The molecule has 128 valence electrons. The summed E-state index contributed by atoms with van der Waals surface area (Å²) in [4.78, 5) is 10.7. The van der Waals surface area contributed by atoms with Gasteiger partial charge in [-0.25, -0.2) is 8.42 Å². The van der Waals surface area contributed by atoms with Gasteiger partial charge in [0.15, 0.2) is 12.0 Å². The SMILES string of the molecule is O=Cc1ccc(-c2ccc(S(=O)(=O)Nc3cc(Cl)cc(Cl)c3)cc2)o1. The fourth-order valence-corrected chi connectivity index (χ4v) is 3.76. The molecule has 2 aromatic carbocycles. The van der Waals surface area contributed by atoms with Crippen molar-refractivity contribution in [2.45, 2.75) is 4.90 Å². The molecule has 25 heavy (non-hydrogen) atoms. The van der Waals surface area contributed by atoms with E-state index in [4.69, 9.17) is 27.6 Å². The van der Waals surface area contributed by atoms with E-state index in [9.17, 15) is 13.2 Å². The maximum Gasteiger partial charge on any atom is 0.261 e. The third-order valence-electron chi connectivity index (χ3n) is 3.31. The van der Waals surface area contributed by atoms with Crippen molar-refractivity contribution in [3.8, 4) is 11.3 Å². The Bertz CT molecular complexity index is 1010. The summed E-state index contributed by atoms with van der Waals surface area (Å²) in [5.74, 6) is 0.673. The van der Waals surface area contributed by atoms with Crippen molar-refractivity contribution < 1.29 is 17.6 Å². The van der Waals surface area contributed by atoms with Crippen LogP contribution in [0.15, 0.2) is 63.9 Å². The molecule has 0 aliphatic heterocycles. The molecule has 1 aromatic heterocycles. The van der Waals surface area contributed by atoms with E-state index in [1.54, 1.807) is 18.2 Å². The van der Waals surface area contributed by atoms with Gasteiger partial charge in [-0.2, -0.15) is 0 Å². The molecule has 3 rings (SSSR count). The van der Waals surface area contributed by atoms with Crippen LogP contribution in [0.25, 0.3) is 11.3 Å². The largest absolute Gasteiger partial charge is 0.453 e. The van der Waals surface area contributed by atoms with Crippen LogP contribution in [0.5, 0.6) is 0 Å². The number of aldehydes is 1. The highest BCUT2D eigenvalue weighted by molar-refractivity contribution is 7.92. The minimum Gasteiger partial charge on any atom is -0.453 e. The van der Waals surface area contributed by atoms with Crippen molar-refractivity contribution in [1.29, 1.82) is 0 Å². The highest BCUT2D eigenvalue weighted by Gasteiger charge is 2.15. The maximum atomic E-state index is 12.5. The number of hydrogen-bond acceptors (Lipinski definition) is 4. The number of furan rings is 1. The first-order chi connectivity index (χ1) is 11.9. The Labute approximate surface area is 154 Å². The van der Waals surface area contributed by atoms with E-state index in [-0.39, 0.29) is 16.3 Å². The Morgan fingerprint density at radius 3 is 2.12 bits per heavy atom. The second-order valence-corrected chi connectivity index (χ2v) is 7.66. The van der Waals surface area contributed by atoms with Crippen molar-refractivity contribution in [3.05, 3.63) is 70.4 Å². The summed E-state index contributed by atoms with van der Waals surface area (Å²) in [6.45, 7) is 0. The van der Waals surface area contributed by atoms with Crippen LogP contribution < -0.4 is 4.72 Å². The van der Waals surface area contributed by atoms with Gasteiger partial charge < -0.3 is 4.42 Å². The van der Waals surface area contributed by atoms with Crippen LogP contribution in [0.2, 0.25) is 10.0 Å². The van der Waals surface area contributed by atoms with E-state index in [0.29, 0.717) is 27.7 Å². The molecule has 0 aliphatic carbocycles. The Balaban J connectivity index is 1.86. The highest BCUT2D eigenvalue weighted by Crippen LogP contribution is 2.26. The molecule has 1 heterocycles. The van der Waals surface area contributed by atoms with Gasteiger partial charge in [-0.1, -0.05) is 23.2 Å². The normalized spacial score (nSPS) is 11.3. The number of sulfonamides is 1. The first-order valence-corrected chi connectivity index (χ1v) is 9.26. The number of hydrogen-bond donors (Lipinski definition) is 1. The zero-order chi connectivity index (χ0) is 18.0. The first-order valence-electron chi connectivity index (χ1n) is 7.02. The zero-order valence-corrected chi connectivity index (χ0v) is 14.9. The van der Waals surface area contributed by atoms with Gasteiger partial charge in [-0.05, 0) is 54.6 Å². The number of benzene rings is 2. The van der Waals surface area contributed by atoms with Crippen molar-refractivity contribution >= 4 is 45.2 Å². The Kier molecular flexibility index (Phi) is 4.85.